The molecule has 0 saturated carbocycles. The summed E-state index contributed by atoms with van der Waals surface area (Å²) < 4.78 is 0. The molecule has 1 nitrogen and oxygen atoms in total. The maximum atomic E-state index is 3.72. The Hall–Kier alpha value is -0.600. The van der Waals surface area contributed by atoms with Gasteiger partial charge in [0, 0.05) is 4.88 Å². The first-order valence-corrected chi connectivity index (χ1v) is 7.67. The van der Waals surface area contributed by atoms with Crippen molar-refractivity contribution in [3.05, 3.63) is 33.5 Å². The zero-order valence-electron chi connectivity index (χ0n) is 11.0. The quantitative estimate of drug-likeness (QED) is 0.752. The average Bonchev–Trinajstić information content (AvgIpc) is 2.78. The van der Waals surface area contributed by atoms with E-state index < -0.39 is 0 Å². The van der Waals surface area contributed by atoms with E-state index >= 15 is 0 Å². The van der Waals surface area contributed by atoms with Gasteiger partial charge in [-0.15, -0.1) is 11.3 Å². The Morgan fingerprint density at radius 1 is 1.41 bits per heavy atom. The van der Waals surface area contributed by atoms with Crippen LogP contribution in [0.5, 0.6) is 0 Å². The van der Waals surface area contributed by atoms with Gasteiger partial charge in [0.2, 0.25) is 0 Å². The first-order valence-electron chi connectivity index (χ1n) is 6.79. The van der Waals surface area contributed by atoms with Gasteiger partial charge in [-0.25, -0.2) is 0 Å². The lowest BCUT2D eigenvalue weighted by atomic mass is 9.92. The Labute approximate surface area is 109 Å². The molecule has 0 spiro atoms. The molecule has 0 aliphatic heterocycles. The maximum absolute atomic E-state index is 3.72. The molecule has 94 valence electrons. The lowest BCUT2D eigenvalue weighted by molar-refractivity contribution is 0.551. The predicted octanol–water partition coefficient (Wildman–Crippen LogP) is 4.60. The second-order valence-electron chi connectivity index (χ2n) is 4.88. The fraction of sp³-hybridized carbons (Fsp3) is 0.600. The minimum absolute atomic E-state index is 0.482. The zero-order valence-corrected chi connectivity index (χ0v) is 11.8. The fourth-order valence-electron chi connectivity index (χ4n) is 2.49. The van der Waals surface area contributed by atoms with Crippen molar-refractivity contribution in [3.8, 4) is 0 Å². The van der Waals surface area contributed by atoms with Crippen LogP contribution in [0.2, 0.25) is 0 Å². The number of nitrogens with one attached hydrogen (secondary N) is 1. The smallest absolute Gasteiger partial charge is 0.0633 e. The minimum atomic E-state index is 0.482. The highest BCUT2D eigenvalue weighted by Crippen LogP contribution is 2.34. The van der Waals surface area contributed by atoms with E-state index in [0.29, 0.717) is 6.04 Å². The molecule has 0 aromatic carbocycles. The molecule has 1 aromatic heterocycles. The summed E-state index contributed by atoms with van der Waals surface area (Å²) in [6.45, 7) is 5.58. The van der Waals surface area contributed by atoms with E-state index in [2.05, 4.69) is 36.7 Å². The summed E-state index contributed by atoms with van der Waals surface area (Å²) in [6.07, 6.45) is 8.95. The molecule has 1 heterocycles. The van der Waals surface area contributed by atoms with Crippen LogP contribution in [0.25, 0.3) is 0 Å². The third kappa shape index (κ3) is 3.20. The number of rotatable bonds is 5. The summed E-state index contributed by atoms with van der Waals surface area (Å²) in [6, 6.07) is 2.72. The number of hydrogen-bond acceptors (Lipinski definition) is 2. The van der Waals surface area contributed by atoms with Crippen molar-refractivity contribution >= 4 is 11.3 Å². The van der Waals surface area contributed by atoms with Gasteiger partial charge in [-0.05, 0) is 62.6 Å². The minimum Gasteiger partial charge on any atom is -0.306 e. The number of allylic oxidation sites excluding steroid dienone is 1. The van der Waals surface area contributed by atoms with Crippen molar-refractivity contribution < 1.29 is 0 Å². The van der Waals surface area contributed by atoms with Crippen LogP contribution in [-0.2, 0) is 0 Å². The van der Waals surface area contributed by atoms with Crippen LogP contribution in [0.15, 0.2) is 23.1 Å². The molecule has 0 amide bonds. The van der Waals surface area contributed by atoms with Crippen molar-refractivity contribution in [1.29, 1.82) is 0 Å². The van der Waals surface area contributed by atoms with Crippen LogP contribution in [0, 0.1) is 6.92 Å². The largest absolute Gasteiger partial charge is 0.306 e. The molecule has 17 heavy (non-hydrogen) atoms. The van der Waals surface area contributed by atoms with Crippen LogP contribution in [0.1, 0.15) is 55.5 Å². The maximum Gasteiger partial charge on any atom is 0.0633 e. The summed E-state index contributed by atoms with van der Waals surface area (Å²) in [5.41, 5.74) is 3.06. The highest BCUT2D eigenvalue weighted by molar-refractivity contribution is 7.10. The van der Waals surface area contributed by atoms with Crippen LogP contribution < -0.4 is 5.32 Å². The van der Waals surface area contributed by atoms with E-state index in [9.17, 15) is 0 Å². The summed E-state index contributed by atoms with van der Waals surface area (Å²) >= 11 is 1.90. The van der Waals surface area contributed by atoms with Crippen molar-refractivity contribution in [3.63, 3.8) is 0 Å². The normalized spacial score (nSPS) is 17.9. The molecule has 2 heteroatoms. The molecule has 0 saturated heterocycles. The summed E-state index contributed by atoms with van der Waals surface area (Å²) in [7, 11) is 0. The van der Waals surface area contributed by atoms with E-state index in [4.69, 9.17) is 0 Å². The molecular formula is C15H23NS. The van der Waals surface area contributed by atoms with Crippen LogP contribution in [0.4, 0.5) is 0 Å². The van der Waals surface area contributed by atoms with Gasteiger partial charge in [0.25, 0.3) is 0 Å². The van der Waals surface area contributed by atoms with E-state index in [1.807, 2.05) is 11.3 Å². The Morgan fingerprint density at radius 2 is 2.29 bits per heavy atom. The number of thiophene rings is 1. The summed E-state index contributed by atoms with van der Waals surface area (Å²) in [5.74, 6) is 0. The van der Waals surface area contributed by atoms with Crippen LogP contribution in [-0.4, -0.2) is 6.54 Å². The van der Waals surface area contributed by atoms with Gasteiger partial charge in [0.05, 0.1) is 6.04 Å². The Bertz CT molecular complexity index is 378. The fourth-order valence-corrected chi connectivity index (χ4v) is 3.53. The average molecular weight is 249 g/mol. The molecule has 0 radical (unpaired) electrons. The van der Waals surface area contributed by atoms with Gasteiger partial charge in [-0.1, -0.05) is 18.6 Å². The second-order valence-corrected chi connectivity index (χ2v) is 5.83. The molecule has 1 N–H and O–H groups in total. The first-order chi connectivity index (χ1) is 8.33. The van der Waals surface area contributed by atoms with Gasteiger partial charge < -0.3 is 5.32 Å². The molecule has 1 aliphatic rings. The molecule has 2 rings (SSSR count). The molecule has 1 unspecified atom stereocenters. The molecule has 0 bridgehead atoms. The van der Waals surface area contributed by atoms with E-state index in [-0.39, 0.29) is 0 Å². The van der Waals surface area contributed by atoms with Gasteiger partial charge in [0.15, 0.2) is 0 Å². The molecule has 1 aliphatic carbocycles. The summed E-state index contributed by atoms with van der Waals surface area (Å²) in [5, 5.41) is 5.94. The van der Waals surface area contributed by atoms with E-state index in [0.717, 1.165) is 6.54 Å². The van der Waals surface area contributed by atoms with Gasteiger partial charge in [-0.3, -0.25) is 0 Å². The number of hydrogen-bond donors (Lipinski definition) is 1. The van der Waals surface area contributed by atoms with E-state index in [1.54, 1.807) is 5.57 Å². The van der Waals surface area contributed by atoms with Crippen LogP contribution >= 0.6 is 11.3 Å². The lowest BCUT2D eigenvalue weighted by Crippen LogP contribution is -2.24. The highest BCUT2D eigenvalue weighted by Gasteiger charge is 2.19. The van der Waals surface area contributed by atoms with Gasteiger partial charge >= 0.3 is 0 Å². The molecule has 1 aromatic rings. The van der Waals surface area contributed by atoms with Crippen molar-refractivity contribution in [2.45, 2.75) is 52.0 Å². The molecule has 1 atom stereocenters. The lowest BCUT2D eigenvalue weighted by Gasteiger charge is -2.24. The SMILES string of the molecule is CCCNC(C1=CCCCC1)c1sccc1C. The zero-order chi connectivity index (χ0) is 12.1. The molecule has 0 fully saturated rings. The third-order valence-electron chi connectivity index (χ3n) is 3.46. The van der Waals surface area contributed by atoms with Gasteiger partial charge in [-0.2, -0.15) is 0 Å². The summed E-state index contributed by atoms with van der Waals surface area (Å²) in [4.78, 5) is 1.52. The van der Waals surface area contributed by atoms with Gasteiger partial charge in [0.1, 0.15) is 0 Å². The monoisotopic (exact) mass is 249 g/mol. The third-order valence-corrected chi connectivity index (χ3v) is 4.54. The van der Waals surface area contributed by atoms with Crippen molar-refractivity contribution in [2.75, 3.05) is 6.54 Å². The molecular weight excluding hydrogens is 226 g/mol. The Morgan fingerprint density at radius 3 is 2.88 bits per heavy atom. The topological polar surface area (TPSA) is 12.0 Å². The number of aryl methyl sites for hydroxylation is 1. The van der Waals surface area contributed by atoms with Crippen molar-refractivity contribution in [1.82, 2.24) is 5.32 Å². The van der Waals surface area contributed by atoms with E-state index in [1.165, 1.54) is 42.5 Å². The second kappa shape index (κ2) is 6.36. The first kappa shape index (κ1) is 12.8. The predicted molar refractivity (Wildman–Crippen MR) is 76.6 cm³/mol. The highest BCUT2D eigenvalue weighted by atomic mass is 32.1. The Balaban J connectivity index is 2.18. The standard InChI is InChI=1S/C15H23NS/c1-3-10-16-14(13-7-5-4-6-8-13)15-12(2)9-11-17-15/h7,9,11,14,16H,3-6,8,10H2,1-2H3. The Kier molecular flexibility index (Phi) is 4.81. The van der Waals surface area contributed by atoms with Crippen molar-refractivity contribution in [2.24, 2.45) is 0 Å². The van der Waals surface area contributed by atoms with Crippen LogP contribution in [0.3, 0.4) is 0 Å².